The number of aromatic nitrogens is 2. The van der Waals surface area contributed by atoms with Crippen LogP contribution in [0.15, 0.2) is 65.6 Å². The van der Waals surface area contributed by atoms with Gasteiger partial charge in [0.2, 0.25) is 0 Å². The Kier molecular flexibility index (Phi) is 2.99. The zero-order chi connectivity index (χ0) is 16.8. The summed E-state index contributed by atoms with van der Waals surface area (Å²) in [5, 5.41) is 0. The first-order valence-corrected chi connectivity index (χ1v) is 7.41. The average molecular weight is 319 g/mol. The molecule has 0 radical (unpaired) electrons. The van der Waals surface area contributed by atoms with Crippen LogP contribution in [0.2, 0.25) is 0 Å². The molecule has 6 heteroatoms. The standard InChI is InChI=1S/C18H13N3O3/c1-19-11-15(18(24)21(19)12-7-3-2-4-8-12)20-16(22)13-9-5-6-10-14(13)17(20)23/h2-11H,1H3. The second-order valence-corrected chi connectivity index (χ2v) is 5.53. The molecule has 3 aromatic rings. The highest BCUT2D eigenvalue weighted by molar-refractivity contribution is 6.34. The van der Waals surface area contributed by atoms with E-state index < -0.39 is 17.4 Å². The predicted molar refractivity (Wildman–Crippen MR) is 88.6 cm³/mol. The zero-order valence-electron chi connectivity index (χ0n) is 12.8. The van der Waals surface area contributed by atoms with Crippen LogP contribution in [0, 0.1) is 0 Å². The molecule has 2 amide bonds. The fourth-order valence-electron chi connectivity index (χ4n) is 2.97. The third kappa shape index (κ3) is 1.86. The highest BCUT2D eigenvalue weighted by atomic mass is 16.2. The van der Waals surface area contributed by atoms with Crippen LogP contribution in [0.3, 0.4) is 0 Å². The van der Waals surface area contributed by atoms with Crippen LogP contribution in [-0.2, 0) is 7.05 Å². The fraction of sp³-hybridized carbons (Fsp3) is 0.0556. The minimum absolute atomic E-state index is 0.0487. The van der Waals surface area contributed by atoms with Crippen molar-refractivity contribution in [2.75, 3.05) is 4.90 Å². The smallest absolute Gasteiger partial charge is 0.286 e. The lowest BCUT2D eigenvalue weighted by molar-refractivity contribution is 0.0926. The van der Waals surface area contributed by atoms with E-state index in [9.17, 15) is 14.4 Å². The lowest BCUT2D eigenvalue weighted by Gasteiger charge is -2.09. The molecule has 0 atom stereocenters. The molecule has 0 saturated heterocycles. The molecule has 24 heavy (non-hydrogen) atoms. The Morgan fingerprint density at radius 1 is 0.750 bits per heavy atom. The van der Waals surface area contributed by atoms with Crippen LogP contribution < -0.4 is 10.5 Å². The normalized spacial score (nSPS) is 13.5. The van der Waals surface area contributed by atoms with Crippen LogP contribution >= 0.6 is 0 Å². The quantitative estimate of drug-likeness (QED) is 0.679. The van der Waals surface area contributed by atoms with E-state index >= 15 is 0 Å². The summed E-state index contributed by atoms with van der Waals surface area (Å²) in [5.41, 5.74) is 0.924. The molecule has 0 unspecified atom stereocenters. The highest BCUT2D eigenvalue weighted by Gasteiger charge is 2.38. The summed E-state index contributed by atoms with van der Waals surface area (Å²) in [5.74, 6) is -0.947. The molecule has 4 rings (SSSR count). The van der Waals surface area contributed by atoms with Gasteiger partial charge in [-0.15, -0.1) is 0 Å². The minimum atomic E-state index is -0.474. The zero-order valence-corrected chi connectivity index (χ0v) is 12.8. The molecule has 1 aromatic heterocycles. The third-order valence-electron chi connectivity index (χ3n) is 4.07. The second kappa shape index (κ2) is 5.06. The van der Waals surface area contributed by atoms with Crippen LogP contribution in [0.1, 0.15) is 20.7 Å². The van der Waals surface area contributed by atoms with Gasteiger partial charge in [0.25, 0.3) is 17.4 Å². The lowest BCUT2D eigenvalue weighted by Crippen LogP contribution is -2.34. The van der Waals surface area contributed by atoms with Crippen molar-refractivity contribution in [3.05, 3.63) is 82.3 Å². The number of hydrogen-bond acceptors (Lipinski definition) is 3. The Morgan fingerprint density at radius 3 is 1.88 bits per heavy atom. The van der Waals surface area contributed by atoms with Gasteiger partial charge in [0.15, 0.2) is 0 Å². The van der Waals surface area contributed by atoms with Gasteiger partial charge in [-0.3, -0.25) is 19.1 Å². The minimum Gasteiger partial charge on any atom is -0.286 e. The summed E-state index contributed by atoms with van der Waals surface area (Å²) in [4.78, 5) is 38.9. The van der Waals surface area contributed by atoms with Crippen LogP contribution in [-0.4, -0.2) is 21.2 Å². The van der Waals surface area contributed by atoms with E-state index in [2.05, 4.69) is 0 Å². The first-order chi connectivity index (χ1) is 11.6. The van der Waals surface area contributed by atoms with Gasteiger partial charge >= 0.3 is 0 Å². The van der Waals surface area contributed by atoms with E-state index in [0.29, 0.717) is 16.8 Å². The van der Waals surface area contributed by atoms with Gasteiger partial charge in [-0.2, -0.15) is 0 Å². The first-order valence-electron chi connectivity index (χ1n) is 7.41. The molecule has 2 aromatic carbocycles. The molecule has 2 heterocycles. The SMILES string of the molecule is Cn1cc(N2C(=O)c3ccccc3C2=O)c(=O)n1-c1ccccc1. The summed E-state index contributed by atoms with van der Waals surface area (Å²) < 4.78 is 2.98. The van der Waals surface area contributed by atoms with E-state index in [-0.39, 0.29) is 5.69 Å². The number of amides is 2. The van der Waals surface area contributed by atoms with Crippen molar-refractivity contribution in [2.24, 2.45) is 7.05 Å². The largest absolute Gasteiger partial charge is 0.295 e. The van der Waals surface area contributed by atoms with Gasteiger partial charge < -0.3 is 0 Å². The van der Waals surface area contributed by atoms with E-state index in [1.165, 1.54) is 10.9 Å². The number of anilines is 1. The fourth-order valence-corrected chi connectivity index (χ4v) is 2.97. The highest BCUT2D eigenvalue weighted by Crippen LogP contribution is 2.26. The van der Waals surface area contributed by atoms with E-state index in [1.54, 1.807) is 48.1 Å². The molecule has 0 N–H and O–H groups in total. The summed E-state index contributed by atoms with van der Waals surface area (Å²) in [6, 6.07) is 15.6. The predicted octanol–water partition coefficient (Wildman–Crippen LogP) is 1.98. The number of imide groups is 1. The molecule has 118 valence electrons. The van der Waals surface area contributed by atoms with Crippen molar-refractivity contribution < 1.29 is 9.59 Å². The Morgan fingerprint density at radius 2 is 1.29 bits per heavy atom. The van der Waals surface area contributed by atoms with Crippen LogP contribution in [0.4, 0.5) is 5.69 Å². The monoisotopic (exact) mass is 319 g/mol. The maximum Gasteiger partial charge on any atom is 0.295 e. The molecule has 0 bridgehead atoms. The number of nitrogens with zero attached hydrogens (tertiary/aromatic N) is 3. The first kappa shape index (κ1) is 14.2. The Balaban J connectivity index is 1.87. The molecule has 0 spiro atoms. The molecule has 6 nitrogen and oxygen atoms in total. The van der Waals surface area contributed by atoms with E-state index in [1.807, 2.05) is 18.2 Å². The Labute approximate surface area is 137 Å². The van der Waals surface area contributed by atoms with Gasteiger partial charge in [0, 0.05) is 7.05 Å². The van der Waals surface area contributed by atoms with Gasteiger partial charge in [0.1, 0.15) is 5.69 Å². The van der Waals surface area contributed by atoms with Gasteiger partial charge in [-0.05, 0) is 24.3 Å². The number of carbonyl (C=O) groups is 2. The van der Waals surface area contributed by atoms with Gasteiger partial charge in [-0.1, -0.05) is 30.3 Å². The summed E-state index contributed by atoms with van der Waals surface area (Å²) in [6.07, 6.45) is 1.50. The number of rotatable bonds is 2. The van der Waals surface area contributed by atoms with Crippen molar-refractivity contribution in [2.45, 2.75) is 0 Å². The Hall–Kier alpha value is -3.41. The van der Waals surface area contributed by atoms with Gasteiger partial charge in [0.05, 0.1) is 23.0 Å². The van der Waals surface area contributed by atoms with Crippen molar-refractivity contribution in [1.29, 1.82) is 0 Å². The number of para-hydroxylation sites is 1. The maximum absolute atomic E-state index is 12.8. The Bertz CT molecular complexity index is 996. The number of benzene rings is 2. The molecule has 0 fully saturated rings. The molecule has 1 aliphatic rings. The average Bonchev–Trinajstić information content (AvgIpc) is 3.03. The molecular weight excluding hydrogens is 306 g/mol. The third-order valence-corrected chi connectivity index (χ3v) is 4.07. The van der Waals surface area contributed by atoms with Crippen molar-refractivity contribution in [3.63, 3.8) is 0 Å². The molecule has 0 aliphatic carbocycles. The number of carbonyl (C=O) groups excluding carboxylic acids is 2. The number of hydrogen-bond donors (Lipinski definition) is 0. The van der Waals surface area contributed by atoms with E-state index in [0.717, 1.165) is 4.90 Å². The van der Waals surface area contributed by atoms with Crippen molar-refractivity contribution in [3.8, 4) is 5.69 Å². The molecular formula is C18H13N3O3. The summed E-state index contributed by atoms with van der Waals surface area (Å²) >= 11 is 0. The number of fused-ring (bicyclic) bond motifs is 1. The van der Waals surface area contributed by atoms with Crippen LogP contribution in [0.25, 0.3) is 5.69 Å². The van der Waals surface area contributed by atoms with Gasteiger partial charge in [-0.25, -0.2) is 9.58 Å². The topological polar surface area (TPSA) is 64.3 Å². The molecule has 0 saturated carbocycles. The second-order valence-electron chi connectivity index (χ2n) is 5.53. The van der Waals surface area contributed by atoms with Crippen molar-refractivity contribution >= 4 is 17.5 Å². The van der Waals surface area contributed by atoms with E-state index in [4.69, 9.17) is 0 Å². The maximum atomic E-state index is 12.8. The number of aryl methyl sites for hydroxylation is 1. The summed E-state index contributed by atoms with van der Waals surface area (Å²) in [6.45, 7) is 0. The lowest BCUT2D eigenvalue weighted by atomic mass is 10.1. The molecule has 1 aliphatic heterocycles. The summed E-state index contributed by atoms with van der Waals surface area (Å²) in [7, 11) is 1.69. The van der Waals surface area contributed by atoms with Crippen LogP contribution in [0.5, 0.6) is 0 Å². The van der Waals surface area contributed by atoms with Crippen molar-refractivity contribution in [1.82, 2.24) is 9.36 Å².